The lowest BCUT2D eigenvalue weighted by atomic mass is 9.86. The van der Waals surface area contributed by atoms with Crippen molar-refractivity contribution in [2.75, 3.05) is 17.2 Å². The third kappa shape index (κ3) is 5.24. The van der Waals surface area contributed by atoms with Crippen LogP contribution in [0.2, 0.25) is 0 Å². The molecular formula is C18H31N3. The maximum absolute atomic E-state index is 5.96. The molecule has 0 saturated heterocycles. The molecule has 0 atom stereocenters. The average molecular weight is 289 g/mol. The minimum atomic E-state index is 0.0978. The minimum Gasteiger partial charge on any atom is -0.385 e. The number of nitrogens with two attached hydrogens (primary N) is 1. The van der Waals surface area contributed by atoms with Crippen LogP contribution in [0, 0.1) is 12.8 Å². The smallest absolute Gasteiger partial charge is 0.0375 e. The second-order valence-corrected chi connectivity index (χ2v) is 7.57. The Kier molecular flexibility index (Phi) is 5.15. The number of anilines is 2. The van der Waals surface area contributed by atoms with Crippen LogP contribution in [0.4, 0.5) is 11.4 Å². The molecule has 1 fully saturated rings. The third-order valence-corrected chi connectivity index (χ3v) is 4.22. The Balaban J connectivity index is 1.88. The number of hydrogen-bond donors (Lipinski definition) is 3. The van der Waals surface area contributed by atoms with E-state index in [9.17, 15) is 0 Å². The van der Waals surface area contributed by atoms with Crippen LogP contribution in [0.3, 0.4) is 0 Å². The summed E-state index contributed by atoms with van der Waals surface area (Å²) in [6, 6.07) is 7.03. The average Bonchev–Trinajstić information content (AvgIpc) is 2.40. The van der Waals surface area contributed by atoms with Crippen LogP contribution in [0.5, 0.6) is 0 Å². The third-order valence-electron chi connectivity index (χ3n) is 4.22. The van der Waals surface area contributed by atoms with E-state index >= 15 is 0 Å². The fraction of sp³-hybridized carbons (Fsp3) is 0.667. The first kappa shape index (κ1) is 16.2. The Bertz CT molecular complexity index is 454. The van der Waals surface area contributed by atoms with Gasteiger partial charge in [0.05, 0.1) is 0 Å². The van der Waals surface area contributed by atoms with Crippen LogP contribution >= 0.6 is 0 Å². The van der Waals surface area contributed by atoms with Gasteiger partial charge in [0.2, 0.25) is 0 Å². The van der Waals surface area contributed by atoms with E-state index in [-0.39, 0.29) is 5.54 Å². The molecule has 0 aromatic heterocycles. The van der Waals surface area contributed by atoms with Gasteiger partial charge in [0.15, 0.2) is 0 Å². The normalized spacial score (nSPS) is 22.9. The molecule has 3 heteroatoms. The van der Waals surface area contributed by atoms with Gasteiger partial charge in [0.1, 0.15) is 0 Å². The predicted molar refractivity (Wildman–Crippen MR) is 93.0 cm³/mol. The highest BCUT2D eigenvalue weighted by atomic mass is 15.0. The molecule has 1 aliphatic rings. The molecule has 118 valence electrons. The molecule has 0 spiro atoms. The van der Waals surface area contributed by atoms with Crippen molar-refractivity contribution in [3.05, 3.63) is 23.8 Å². The van der Waals surface area contributed by atoms with Crippen LogP contribution in [0.25, 0.3) is 0 Å². The molecule has 0 heterocycles. The van der Waals surface area contributed by atoms with E-state index < -0.39 is 0 Å². The summed E-state index contributed by atoms with van der Waals surface area (Å²) in [6.07, 6.45) is 4.88. The molecule has 1 aliphatic carbocycles. The van der Waals surface area contributed by atoms with Gasteiger partial charge in [-0.1, -0.05) is 0 Å². The van der Waals surface area contributed by atoms with Gasteiger partial charge in [-0.2, -0.15) is 0 Å². The van der Waals surface area contributed by atoms with Gasteiger partial charge in [-0.25, -0.2) is 0 Å². The summed E-state index contributed by atoms with van der Waals surface area (Å²) in [5.41, 5.74) is 9.80. The summed E-state index contributed by atoms with van der Waals surface area (Å²) in [5.74, 6) is 0.775. The summed E-state index contributed by atoms with van der Waals surface area (Å²) < 4.78 is 0. The Hall–Kier alpha value is -1.22. The second-order valence-electron chi connectivity index (χ2n) is 7.57. The zero-order valence-electron chi connectivity index (χ0n) is 14.0. The first-order chi connectivity index (χ1) is 9.83. The highest BCUT2D eigenvalue weighted by Gasteiger charge is 2.18. The van der Waals surface area contributed by atoms with Gasteiger partial charge in [0.25, 0.3) is 0 Å². The Morgan fingerprint density at radius 3 is 2.38 bits per heavy atom. The SMILES string of the molecule is Cc1cc(NC[C@H]2CC[C@H](N)CC2)ccc1NC(C)(C)C. The molecule has 0 radical (unpaired) electrons. The molecule has 2 rings (SSSR count). The molecular weight excluding hydrogens is 258 g/mol. The monoisotopic (exact) mass is 289 g/mol. The van der Waals surface area contributed by atoms with Crippen LogP contribution in [-0.2, 0) is 0 Å². The van der Waals surface area contributed by atoms with E-state index in [0.29, 0.717) is 6.04 Å². The van der Waals surface area contributed by atoms with Crippen molar-refractivity contribution < 1.29 is 0 Å². The molecule has 1 aromatic rings. The molecule has 3 nitrogen and oxygen atoms in total. The highest BCUT2D eigenvalue weighted by Crippen LogP contribution is 2.26. The van der Waals surface area contributed by atoms with E-state index in [1.165, 1.54) is 42.6 Å². The summed E-state index contributed by atoms with van der Waals surface area (Å²) in [7, 11) is 0. The van der Waals surface area contributed by atoms with Crippen molar-refractivity contribution in [2.24, 2.45) is 11.7 Å². The van der Waals surface area contributed by atoms with E-state index in [1.54, 1.807) is 0 Å². The number of benzene rings is 1. The Morgan fingerprint density at radius 2 is 1.81 bits per heavy atom. The predicted octanol–water partition coefficient (Wildman–Crippen LogP) is 4.13. The van der Waals surface area contributed by atoms with E-state index in [0.717, 1.165) is 12.5 Å². The van der Waals surface area contributed by atoms with Crippen molar-refractivity contribution in [1.29, 1.82) is 0 Å². The standard InChI is InChI=1S/C18H31N3/c1-13-11-16(9-10-17(13)21-18(2,3)4)20-12-14-5-7-15(19)8-6-14/h9-11,14-15,20-21H,5-8,12,19H2,1-4H3/t14-,15-. The first-order valence-electron chi connectivity index (χ1n) is 8.22. The molecule has 1 saturated carbocycles. The summed E-state index contributed by atoms with van der Waals surface area (Å²) >= 11 is 0. The first-order valence-corrected chi connectivity index (χ1v) is 8.22. The number of aryl methyl sites for hydroxylation is 1. The zero-order valence-corrected chi connectivity index (χ0v) is 14.0. The molecule has 4 N–H and O–H groups in total. The highest BCUT2D eigenvalue weighted by molar-refractivity contribution is 5.60. The number of rotatable bonds is 4. The molecule has 0 amide bonds. The lowest BCUT2D eigenvalue weighted by molar-refractivity contribution is 0.339. The largest absolute Gasteiger partial charge is 0.385 e. The van der Waals surface area contributed by atoms with Gasteiger partial charge >= 0.3 is 0 Å². The van der Waals surface area contributed by atoms with Gasteiger partial charge in [-0.3, -0.25) is 0 Å². The van der Waals surface area contributed by atoms with Crippen molar-refractivity contribution in [2.45, 2.75) is 65.0 Å². The van der Waals surface area contributed by atoms with Crippen molar-refractivity contribution in [3.8, 4) is 0 Å². The van der Waals surface area contributed by atoms with E-state index in [1.807, 2.05) is 0 Å². The van der Waals surface area contributed by atoms with Gasteiger partial charge in [-0.05, 0) is 83.1 Å². The van der Waals surface area contributed by atoms with Crippen molar-refractivity contribution in [1.82, 2.24) is 0 Å². The Labute approximate surface area is 129 Å². The van der Waals surface area contributed by atoms with Crippen LogP contribution < -0.4 is 16.4 Å². The fourth-order valence-corrected chi connectivity index (χ4v) is 2.97. The maximum Gasteiger partial charge on any atom is 0.0375 e. The second kappa shape index (κ2) is 6.69. The van der Waals surface area contributed by atoms with Crippen LogP contribution in [0.15, 0.2) is 18.2 Å². The van der Waals surface area contributed by atoms with Crippen LogP contribution in [-0.4, -0.2) is 18.1 Å². The van der Waals surface area contributed by atoms with Crippen molar-refractivity contribution in [3.63, 3.8) is 0 Å². The lowest BCUT2D eigenvalue weighted by Gasteiger charge is -2.27. The summed E-state index contributed by atoms with van der Waals surface area (Å²) in [6.45, 7) is 9.79. The summed E-state index contributed by atoms with van der Waals surface area (Å²) in [4.78, 5) is 0. The molecule has 0 aliphatic heterocycles. The molecule has 0 bridgehead atoms. The van der Waals surface area contributed by atoms with Gasteiger partial charge in [-0.15, -0.1) is 0 Å². The van der Waals surface area contributed by atoms with E-state index in [4.69, 9.17) is 5.73 Å². The zero-order chi connectivity index (χ0) is 15.5. The van der Waals surface area contributed by atoms with E-state index in [2.05, 4.69) is 56.5 Å². The number of hydrogen-bond acceptors (Lipinski definition) is 3. The molecule has 21 heavy (non-hydrogen) atoms. The topological polar surface area (TPSA) is 50.1 Å². The van der Waals surface area contributed by atoms with Crippen molar-refractivity contribution >= 4 is 11.4 Å². The number of nitrogens with one attached hydrogen (secondary N) is 2. The lowest BCUT2D eigenvalue weighted by Crippen LogP contribution is -2.29. The minimum absolute atomic E-state index is 0.0978. The quantitative estimate of drug-likeness (QED) is 0.781. The van der Waals surface area contributed by atoms with Crippen LogP contribution in [0.1, 0.15) is 52.0 Å². The fourth-order valence-electron chi connectivity index (χ4n) is 2.97. The molecule has 0 unspecified atom stereocenters. The Morgan fingerprint density at radius 1 is 1.14 bits per heavy atom. The molecule has 1 aromatic carbocycles. The summed E-state index contributed by atoms with van der Waals surface area (Å²) in [5, 5.41) is 7.14. The van der Waals surface area contributed by atoms with Gasteiger partial charge in [0, 0.05) is 29.5 Å². The maximum atomic E-state index is 5.96. The van der Waals surface area contributed by atoms with Gasteiger partial charge < -0.3 is 16.4 Å².